The first-order valence-corrected chi connectivity index (χ1v) is 7.00. The number of rotatable bonds is 5. The van der Waals surface area contributed by atoms with Gasteiger partial charge in [0.25, 0.3) is 0 Å². The van der Waals surface area contributed by atoms with Crippen molar-refractivity contribution in [1.29, 1.82) is 0 Å². The lowest BCUT2D eigenvalue weighted by molar-refractivity contribution is -0.144. The van der Waals surface area contributed by atoms with E-state index in [-0.39, 0.29) is 24.4 Å². The fourth-order valence-electron chi connectivity index (χ4n) is 2.13. The Kier molecular flexibility index (Phi) is 5.10. The number of hydrogen-bond donors (Lipinski definition) is 1. The third-order valence-corrected chi connectivity index (χ3v) is 3.17. The topological polar surface area (TPSA) is 65.5 Å². The quantitative estimate of drug-likeness (QED) is 0.855. The molecule has 0 saturated carbocycles. The number of hydrogen-bond acceptors (Lipinski definition) is 4. The van der Waals surface area contributed by atoms with Crippen molar-refractivity contribution in [2.75, 3.05) is 6.61 Å². The molecule has 1 aromatic carbocycles. The summed E-state index contributed by atoms with van der Waals surface area (Å²) in [5.41, 5.74) is 4.83. The molecule has 0 fully saturated rings. The summed E-state index contributed by atoms with van der Waals surface area (Å²) in [5, 5.41) is 0. The van der Waals surface area contributed by atoms with E-state index in [0.717, 1.165) is 6.07 Å². The van der Waals surface area contributed by atoms with Crippen molar-refractivity contribution in [3.8, 4) is 11.3 Å². The van der Waals surface area contributed by atoms with Crippen molar-refractivity contribution in [2.45, 2.75) is 25.6 Å². The second-order valence-electron chi connectivity index (χ2n) is 4.87. The van der Waals surface area contributed by atoms with Crippen molar-refractivity contribution in [3.63, 3.8) is 0 Å². The molecule has 0 amide bonds. The monoisotopic (exact) mass is 327 g/mol. The third-order valence-electron chi connectivity index (χ3n) is 3.17. The number of carbonyl (C=O) groups excluding carboxylic acids is 1. The van der Waals surface area contributed by atoms with Gasteiger partial charge in [0, 0.05) is 12.0 Å². The van der Waals surface area contributed by atoms with E-state index in [4.69, 9.17) is 14.9 Å². The molecule has 0 spiro atoms. The highest BCUT2D eigenvalue weighted by atomic mass is 19.4. The summed E-state index contributed by atoms with van der Waals surface area (Å²) < 4.78 is 49.2. The molecule has 124 valence electrons. The van der Waals surface area contributed by atoms with Gasteiger partial charge in [-0.25, -0.2) is 0 Å². The zero-order valence-electron chi connectivity index (χ0n) is 12.4. The Balaban J connectivity index is 2.22. The summed E-state index contributed by atoms with van der Waals surface area (Å²) in [7, 11) is 0. The Morgan fingerprint density at radius 3 is 2.61 bits per heavy atom. The van der Waals surface area contributed by atoms with Gasteiger partial charge in [0.05, 0.1) is 12.2 Å². The van der Waals surface area contributed by atoms with Crippen molar-refractivity contribution in [1.82, 2.24) is 0 Å². The minimum atomic E-state index is -4.48. The Morgan fingerprint density at radius 1 is 1.26 bits per heavy atom. The number of benzene rings is 1. The van der Waals surface area contributed by atoms with Crippen LogP contribution in [0.1, 0.15) is 18.2 Å². The fourth-order valence-corrected chi connectivity index (χ4v) is 2.13. The van der Waals surface area contributed by atoms with E-state index in [1.165, 1.54) is 30.3 Å². The smallest absolute Gasteiger partial charge is 0.417 e. The van der Waals surface area contributed by atoms with Crippen LogP contribution < -0.4 is 5.73 Å². The van der Waals surface area contributed by atoms with Gasteiger partial charge in [-0.2, -0.15) is 13.2 Å². The first-order valence-electron chi connectivity index (χ1n) is 7.00. The lowest BCUT2D eigenvalue weighted by Crippen LogP contribution is -2.34. The molecule has 1 aromatic heterocycles. The van der Waals surface area contributed by atoms with Gasteiger partial charge in [0.15, 0.2) is 0 Å². The van der Waals surface area contributed by atoms with E-state index in [9.17, 15) is 18.0 Å². The van der Waals surface area contributed by atoms with Gasteiger partial charge in [-0.05, 0) is 25.1 Å². The molecular weight excluding hydrogens is 311 g/mol. The molecule has 0 saturated heterocycles. The highest BCUT2D eigenvalue weighted by molar-refractivity contribution is 5.75. The van der Waals surface area contributed by atoms with Crippen LogP contribution >= 0.6 is 0 Å². The predicted octanol–water partition coefficient (Wildman–Crippen LogP) is 3.40. The van der Waals surface area contributed by atoms with Gasteiger partial charge >= 0.3 is 12.1 Å². The standard InChI is InChI=1S/C16H16F3NO3/c1-2-22-15(21)13(20)9-10-7-8-14(23-10)11-5-3-4-6-12(11)16(17,18)19/h3-8,13H,2,9,20H2,1H3. The first-order chi connectivity index (χ1) is 10.8. The number of alkyl halides is 3. The molecule has 1 unspecified atom stereocenters. The Labute approximate surface area is 131 Å². The fraction of sp³-hybridized carbons (Fsp3) is 0.312. The van der Waals surface area contributed by atoms with Crippen LogP contribution in [0.15, 0.2) is 40.8 Å². The van der Waals surface area contributed by atoms with Crippen LogP contribution in [0.4, 0.5) is 13.2 Å². The largest absolute Gasteiger partial charge is 0.465 e. The van der Waals surface area contributed by atoms with Crippen molar-refractivity contribution < 1.29 is 27.1 Å². The van der Waals surface area contributed by atoms with E-state index in [0.29, 0.717) is 5.76 Å². The first kappa shape index (κ1) is 17.1. The maximum atomic E-state index is 13.0. The average Bonchev–Trinajstić information content (AvgIpc) is 2.95. The summed E-state index contributed by atoms with van der Waals surface area (Å²) in [6.07, 6.45) is -4.43. The van der Waals surface area contributed by atoms with E-state index in [1.54, 1.807) is 6.92 Å². The summed E-state index contributed by atoms with van der Waals surface area (Å²) >= 11 is 0. The molecule has 4 nitrogen and oxygen atoms in total. The molecule has 23 heavy (non-hydrogen) atoms. The third kappa shape index (κ3) is 4.13. The summed E-state index contributed by atoms with van der Waals surface area (Å²) in [6, 6.07) is 7.13. The molecule has 0 bridgehead atoms. The predicted molar refractivity (Wildman–Crippen MR) is 77.5 cm³/mol. The maximum absolute atomic E-state index is 13.0. The molecule has 0 radical (unpaired) electrons. The van der Waals surface area contributed by atoms with Gasteiger partial charge in [-0.15, -0.1) is 0 Å². The van der Waals surface area contributed by atoms with Crippen molar-refractivity contribution in [2.24, 2.45) is 5.73 Å². The van der Waals surface area contributed by atoms with Crippen LogP contribution in [0.3, 0.4) is 0 Å². The van der Waals surface area contributed by atoms with Crippen LogP contribution in [0.5, 0.6) is 0 Å². The molecule has 0 aliphatic rings. The van der Waals surface area contributed by atoms with Crippen LogP contribution in [0.2, 0.25) is 0 Å². The SMILES string of the molecule is CCOC(=O)C(N)Cc1ccc(-c2ccccc2C(F)(F)F)o1. The number of nitrogens with two attached hydrogens (primary N) is 1. The lowest BCUT2D eigenvalue weighted by Gasteiger charge is -2.11. The van der Waals surface area contributed by atoms with E-state index in [2.05, 4.69) is 0 Å². The zero-order chi connectivity index (χ0) is 17.0. The normalized spacial score (nSPS) is 12.9. The molecule has 0 aliphatic carbocycles. The van der Waals surface area contributed by atoms with E-state index >= 15 is 0 Å². The van der Waals surface area contributed by atoms with Crippen LogP contribution in [0.25, 0.3) is 11.3 Å². The van der Waals surface area contributed by atoms with E-state index < -0.39 is 23.8 Å². The number of ether oxygens (including phenoxy) is 1. The number of esters is 1. The Hall–Kier alpha value is -2.28. The lowest BCUT2D eigenvalue weighted by atomic mass is 10.1. The van der Waals surface area contributed by atoms with Gasteiger partial charge < -0.3 is 14.9 Å². The van der Waals surface area contributed by atoms with Crippen LogP contribution in [0, 0.1) is 0 Å². The van der Waals surface area contributed by atoms with E-state index in [1.807, 2.05) is 0 Å². The summed E-state index contributed by atoms with van der Waals surface area (Å²) in [5.74, 6) is -0.192. The van der Waals surface area contributed by atoms with Gasteiger partial charge in [0.1, 0.15) is 17.6 Å². The molecule has 2 rings (SSSR count). The van der Waals surface area contributed by atoms with Crippen molar-refractivity contribution in [3.05, 3.63) is 47.7 Å². The van der Waals surface area contributed by atoms with Crippen LogP contribution in [-0.2, 0) is 22.1 Å². The van der Waals surface area contributed by atoms with Gasteiger partial charge in [0.2, 0.25) is 0 Å². The number of furan rings is 1. The Morgan fingerprint density at radius 2 is 1.96 bits per heavy atom. The summed E-state index contributed by atoms with van der Waals surface area (Å²) in [6.45, 7) is 1.86. The number of halogens is 3. The second kappa shape index (κ2) is 6.87. The highest BCUT2D eigenvalue weighted by Crippen LogP contribution is 2.37. The minimum Gasteiger partial charge on any atom is -0.465 e. The molecular formula is C16H16F3NO3. The minimum absolute atomic E-state index is 0.0486. The maximum Gasteiger partial charge on any atom is 0.417 e. The molecule has 2 aromatic rings. The molecule has 1 heterocycles. The zero-order valence-corrected chi connectivity index (χ0v) is 12.4. The highest BCUT2D eigenvalue weighted by Gasteiger charge is 2.34. The van der Waals surface area contributed by atoms with Gasteiger partial charge in [-0.3, -0.25) is 4.79 Å². The number of carbonyl (C=O) groups is 1. The average molecular weight is 327 g/mol. The second-order valence-corrected chi connectivity index (χ2v) is 4.87. The molecule has 2 N–H and O–H groups in total. The van der Waals surface area contributed by atoms with Gasteiger partial charge in [-0.1, -0.05) is 18.2 Å². The summed E-state index contributed by atoms with van der Waals surface area (Å²) in [4.78, 5) is 11.5. The van der Waals surface area contributed by atoms with Crippen LogP contribution in [-0.4, -0.2) is 18.6 Å². The molecule has 7 heteroatoms. The Bertz CT molecular complexity index is 679. The molecule has 1 atom stereocenters. The van der Waals surface area contributed by atoms with Crippen molar-refractivity contribution >= 4 is 5.97 Å². The molecule has 0 aliphatic heterocycles.